The smallest absolute Gasteiger partial charge is 0.408 e. The minimum absolute atomic E-state index is 0.116. The Kier molecular flexibility index (Phi) is 7.70. The van der Waals surface area contributed by atoms with E-state index in [-0.39, 0.29) is 32.2 Å². The number of nitrogens with one attached hydrogen (secondary N) is 2. The molecule has 9 nitrogen and oxygen atoms in total. The largest absolute Gasteiger partial charge is 0.479 e. The molecule has 2 heterocycles. The zero-order valence-electron chi connectivity index (χ0n) is 23.4. The molecule has 42 heavy (non-hydrogen) atoms. The van der Waals surface area contributed by atoms with Crippen molar-refractivity contribution in [1.82, 2.24) is 15.5 Å². The van der Waals surface area contributed by atoms with Gasteiger partial charge in [-0.3, -0.25) is 9.69 Å². The fraction of sp³-hybridized carbons (Fsp3) is 0.364. The Hall–Kier alpha value is -4.21. The van der Waals surface area contributed by atoms with Gasteiger partial charge < -0.3 is 25.2 Å². The van der Waals surface area contributed by atoms with Crippen LogP contribution in [0.4, 0.5) is 4.79 Å². The summed E-state index contributed by atoms with van der Waals surface area (Å²) in [5.41, 5.74) is 2.76. The van der Waals surface area contributed by atoms with Crippen LogP contribution in [-0.4, -0.2) is 72.0 Å². The van der Waals surface area contributed by atoms with Crippen molar-refractivity contribution in [3.8, 4) is 11.1 Å². The second-order valence-electron chi connectivity index (χ2n) is 11.4. The van der Waals surface area contributed by atoms with Crippen LogP contribution in [0.15, 0.2) is 78.9 Å². The number of carbonyl (C=O) groups is 3. The van der Waals surface area contributed by atoms with Crippen LogP contribution >= 0.6 is 0 Å². The Morgan fingerprint density at radius 1 is 0.833 bits per heavy atom. The summed E-state index contributed by atoms with van der Waals surface area (Å²) in [6.45, 7) is 2.05. The van der Waals surface area contributed by atoms with Crippen molar-refractivity contribution < 1.29 is 29.0 Å². The van der Waals surface area contributed by atoms with Gasteiger partial charge in [0, 0.05) is 38.6 Å². The van der Waals surface area contributed by atoms with Gasteiger partial charge in [-0.15, -0.1) is 0 Å². The lowest BCUT2D eigenvalue weighted by atomic mass is 9.84. The van der Waals surface area contributed by atoms with Gasteiger partial charge in [-0.1, -0.05) is 78.9 Å². The molecular formula is C33H35N3O6. The predicted octanol–water partition coefficient (Wildman–Crippen LogP) is 3.92. The summed E-state index contributed by atoms with van der Waals surface area (Å²) in [6, 6.07) is 26.3. The van der Waals surface area contributed by atoms with Crippen LogP contribution in [-0.2, 0) is 25.6 Å². The van der Waals surface area contributed by atoms with Crippen LogP contribution in [0.2, 0.25) is 0 Å². The molecule has 1 aliphatic carbocycles. The number of hydrogen-bond donors (Lipinski definition) is 3. The highest BCUT2D eigenvalue weighted by molar-refractivity contribution is 5.94. The molecule has 6 rings (SSSR count). The van der Waals surface area contributed by atoms with Crippen LogP contribution in [0.1, 0.15) is 41.9 Å². The zero-order valence-corrected chi connectivity index (χ0v) is 23.4. The number of alkyl carbamates (subject to hydrolysis) is 1. The Bertz CT molecular complexity index is 1420. The Morgan fingerprint density at radius 2 is 1.45 bits per heavy atom. The second-order valence-corrected chi connectivity index (χ2v) is 11.4. The minimum Gasteiger partial charge on any atom is -0.479 e. The predicted molar refractivity (Wildman–Crippen MR) is 156 cm³/mol. The molecule has 3 N–H and O–H groups in total. The standard InChI is InChI=1S/C33H35N3O6/c37-29(34-33(30(38)39)16-19-41-22-33)32(14-17-36(18-15-32)20-23-8-2-1-3-9-23)35-31(40)42-21-28-26-12-6-4-10-24(26)25-11-5-7-13-27(25)28/h1-13,28H,14-22H2,(H,34,37)(H,35,40)(H,38,39). The fourth-order valence-corrected chi connectivity index (χ4v) is 6.40. The molecule has 2 aliphatic heterocycles. The SMILES string of the molecule is O=C(NC1(C(=O)NC2(C(=O)O)CCOC2)CCN(Cc2ccccc2)CC1)OCC1c2ccccc2-c2ccccc21. The number of fused-ring (bicyclic) bond motifs is 3. The van der Waals surface area contributed by atoms with Gasteiger partial charge in [0.05, 0.1) is 6.61 Å². The van der Waals surface area contributed by atoms with Crippen molar-refractivity contribution in [3.63, 3.8) is 0 Å². The number of ether oxygens (including phenoxy) is 2. The number of piperidine rings is 1. The highest BCUT2D eigenvalue weighted by Gasteiger charge is 2.50. The van der Waals surface area contributed by atoms with Crippen molar-refractivity contribution in [2.75, 3.05) is 32.9 Å². The van der Waals surface area contributed by atoms with E-state index in [1.165, 1.54) is 0 Å². The average Bonchev–Trinajstić information content (AvgIpc) is 3.61. The second kappa shape index (κ2) is 11.6. The van der Waals surface area contributed by atoms with E-state index in [0.29, 0.717) is 25.9 Å². The lowest BCUT2D eigenvalue weighted by Gasteiger charge is -2.42. The number of likely N-dealkylation sites (tertiary alicyclic amines) is 1. The molecular weight excluding hydrogens is 534 g/mol. The topological polar surface area (TPSA) is 117 Å². The maximum Gasteiger partial charge on any atom is 0.408 e. The van der Waals surface area contributed by atoms with E-state index in [1.54, 1.807) is 0 Å². The van der Waals surface area contributed by atoms with Gasteiger partial charge in [0.2, 0.25) is 5.91 Å². The molecule has 0 radical (unpaired) electrons. The maximum atomic E-state index is 13.9. The number of amides is 2. The summed E-state index contributed by atoms with van der Waals surface area (Å²) in [4.78, 5) is 41.6. The Labute approximate surface area is 244 Å². The molecule has 9 heteroatoms. The third-order valence-corrected chi connectivity index (χ3v) is 8.86. The lowest BCUT2D eigenvalue weighted by molar-refractivity contribution is -0.149. The number of benzene rings is 3. The van der Waals surface area contributed by atoms with E-state index in [4.69, 9.17) is 9.47 Å². The van der Waals surface area contributed by atoms with Gasteiger partial charge in [-0.25, -0.2) is 9.59 Å². The molecule has 0 bridgehead atoms. The number of carbonyl (C=O) groups excluding carboxylic acids is 2. The lowest BCUT2D eigenvalue weighted by Crippen LogP contribution is -2.68. The van der Waals surface area contributed by atoms with Gasteiger partial charge in [0.15, 0.2) is 5.54 Å². The van der Waals surface area contributed by atoms with Crippen LogP contribution in [0.3, 0.4) is 0 Å². The van der Waals surface area contributed by atoms with E-state index < -0.39 is 29.0 Å². The van der Waals surface area contributed by atoms with Crippen LogP contribution in [0, 0.1) is 0 Å². The zero-order chi connectivity index (χ0) is 29.2. The molecule has 1 atom stereocenters. The highest BCUT2D eigenvalue weighted by atomic mass is 16.5. The number of nitrogens with zero attached hydrogens (tertiary/aromatic N) is 1. The number of hydrogen-bond acceptors (Lipinski definition) is 6. The van der Waals surface area contributed by atoms with Crippen molar-refractivity contribution in [2.24, 2.45) is 0 Å². The number of carboxylic acid groups (broad SMARTS) is 1. The van der Waals surface area contributed by atoms with Gasteiger partial charge in [0.25, 0.3) is 0 Å². The Morgan fingerprint density at radius 3 is 2.05 bits per heavy atom. The van der Waals surface area contributed by atoms with E-state index in [1.807, 2.05) is 54.6 Å². The first-order valence-electron chi connectivity index (χ1n) is 14.4. The highest BCUT2D eigenvalue weighted by Crippen LogP contribution is 2.44. The first-order valence-corrected chi connectivity index (χ1v) is 14.4. The molecule has 3 aromatic carbocycles. The van der Waals surface area contributed by atoms with E-state index >= 15 is 0 Å². The summed E-state index contributed by atoms with van der Waals surface area (Å²) >= 11 is 0. The minimum atomic E-state index is -1.52. The van der Waals surface area contributed by atoms with E-state index in [2.05, 4.69) is 39.8 Å². The monoisotopic (exact) mass is 569 g/mol. The molecule has 2 amide bonds. The van der Waals surface area contributed by atoms with Gasteiger partial charge in [0.1, 0.15) is 12.1 Å². The van der Waals surface area contributed by atoms with Crippen LogP contribution < -0.4 is 10.6 Å². The van der Waals surface area contributed by atoms with Crippen molar-refractivity contribution >= 4 is 18.0 Å². The normalized spacial score (nSPS) is 21.2. The summed E-state index contributed by atoms with van der Waals surface area (Å²) in [7, 11) is 0. The summed E-state index contributed by atoms with van der Waals surface area (Å²) in [5, 5.41) is 15.6. The quantitative estimate of drug-likeness (QED) is 0.377. The summed E-state index contributed by atoms with van der Waals surface area (Å²) in [5.74, 6) is -1.79. The van der Waals surface area contributed by atoms with Crippen molar-refractivity contribution in [3.05, 3.63) is 95.6 Å². The summed E-state index contributed by atoms with van der Waals surface area (Å²) in [6.07, 6.45) is 0.0872. The molecule has 3 aromatic rings. The molecule has 2 saturated heterocycles. The van der Waals surface area contributed by atoms with Crippen molar-refractivity contribution in [1.29, 1.82) is 0 Å². The van der Waals surface area contributed by atoms with Gasteiger partial charge in [-0.05, 0) is 40.7 Å². The third-order valence-electron chi connectivity index (χ3n) is 8.86. The molecule has 0 saturated carbocycles. The molecule has 0 spiro atoms. The molecule has 1 unspecified atom stereocenters. The third kappa shape index (κ3) is 5.37. The molecule has 218 valence electrons. The molecule has 3 aliphatic rings. The van der Waals surface area contributed by atoms with Crippen molar-refractivity contribution in [2.45, 2.75) is 42.8 Å². The number of rotatable bonds is 8. The molecule has 0 aromatic heterocycles. The summed E-state index contributed by atoms with van der Waals surface area (Å²) < 4.78 is 11.1. The Balaban J connectivity index is 1.18. The van der Waals surface area contributed by atoms with Crippen LogP contribution in [0.5, 0.6) is 0 Å². The number of aliphatic carboxylic acids is 1. The van der Waals surface area contributed by atoms with Crippen LogP contribution in [0.25, 0.3) is 11.1 Å². The number of carboxylic acids is 1. The van der Waals surface area contributed by atoms with E-state index in [9.17, 15) is 19.5 Å². The first-order chi connectivity index (χ1) is 20.4. The van der Waals surface area contributed by atoms with E-state index in [0.717, 1.165) is 34.4 Å². The molecule has 2 fully saturated rings. The first kappa shape index (κ1) is 27.9. The fourth-order valence-electron chi connectivity index (χ4n) is 6.40. The van der Waals surface area contributed by atoms with Gasteiger partial charge >= 0.3 is 12.1 Å². The average molecular weight is 570 g/mol. The van der Waals surface area contributed by atoms with Gasteiger partial charge in [-0.2, -0.15) is 0 Å². The maximum absolute atomic E-state index is 13.9.